The number of carbonyl (C=O) groups is 1. The minimum Gasteiger partial charge on any atom is -0.469 e. The molecular weight excluding hydrogens is 158 g/mol. The Morgan fingerprint density at radius 3 is 2.42 bits per heavy atom. The molecule has 0 unspecified atom stereocenters. The van der Waals surface area contributed by atoms with E-state index in [1.807, 2.05) is 13.8 Å². The van der Waals surface area contributed by atoms with Crippen molar-refractivity contribution in [2.24, 2.45) is 11.7 Å². The monoisotopic (exact) mass is 175 g/mol. The Labute approximate surface area is 72.7 Å². The Morgan fingerprint density at radius 1 is 1.58 bits per heavy atom. The minimum absolute atomic E-state index is 0.0599. The van der Waals surface area contributed by atoms with Crippen molar-refractivity contribution in [3.8, 4) is 0 Å². The van der Waals surface area contributed by atoms with Crippen LogP contribution in [-0.2, 0) is 9.53 Å². The number of nitrogens with two attached hydrogens (primary N) is 1. The standard InChI is InChI=1S/C8H17NO3/c1-5(2)8(11)6(9)4-7(10)12-3/h5-6,8,11H,4,9H2,1-3H3/t6-,8-/m1/s1. The second-order valence-electron chi connectivity index (χ2n) is 3.18. The summed E-state index contributed by atoms with van der Waals surface area (Å²) in [6.07, 6.45) is -0.584. The van der Waals surface area contributed by atoms with E-state index in [-0.39, 0.29) is 18.3 Å². The van der Waals surface area contributed by atoms with E-state index in [0.717, 1.165) is 0 Å². The van der Waals surface area contributed by atoms with Crippen molar-refractivity contribution in [2.45, 2.75) is 32.4 Å². The lowest BCUT2D eigenvalue weighted by atomic mass is 9.98. The van der Waals surface area contributed by atoms with Crippen LogP contribution in [-0.4, -0.2) is 30.3 Å². The molecule has 0 amide bonds. The summed E-state index contributed by atoms with van der Waals surface area (Å²) in [7, 11) is 1.30. The van der Waals surface area contributed by atoms with Gasteiger partial charge in [-0.3, -0.25) is 4.79 Å². The van der Waals surface area contributed by atoms with Gasteiger partial charge < -0.3 is 15.6 Å². The largest absolute Gasteiger partial charge is 0.469 e. The van der Waals surface area contributed by atoms with Gasteiger partial charge in [-0.05, 0) is 5.92 Å². The highest BCUT2D eigenvalue weighted by atomic mass is 16.5. The van der Waals surface area contributed by atoms with Gasteiger partial charge in [-0.25, -0.2) is 0 Å². The Morgan fingerprint density at radius 2 is 2.08 bits per heavy atom. The Balaban J connectivity index is 3.86. The molecule has 12 heavy (non-hydrogen) atoms. The van der Waals surface area contributed by atoms with E-state index in [0.29, 0.717) is 0 Å². The normalized spacial score (nSPS) is 15.8. The zero-order valence-electron chi connectivity index (χ0n) is 7.78. The summed E-state index contributed by atoms with van der Waals surface area (Å²) in [6, 6.07) is -0.530. The molecule has 0 heterocycles. The van der Waals surface area contributed by atoms with Gasteiger partial charge in [0.05, 0.1) is 19.6 Å². The van der Waals surface area contributed by atoms with E-state index < -0.39 is 12.1 Å². The number of rotatable bonds is 4. The van der Waals surface area contributed by atoms with Gasteiger partial charge >= 0.3 is 5.97 Å². The molecule has 0 aromatic heterocycles. The lowest BCUT2D eigenvalue weighted by Gasteiger charge is -2.20. The number of carbonyl (C=O) groups excluding carboxylic acids is 1. The van der Waals surface area contributed by atoms with Gasteiger partial charge in [-0.2, -0.15) is 0 Å². The Kier molecular flexibility index (Phi) is 4.85. The van der Waals surface area contributed by atoms with Crippen LogP contribution in [0.25, 0.3) is 0 Å². The first-order chi connectivity index (χ1) is 5.49. The molecule has 0 aromatic carbocycles. The van der Waals surface area contributed by atoms with Crippen LogP contribution in [0.2, 0.25) is 0 Å². The molecule has 0 aromatic rings. The van der Waals surface area contributed by atoms with Crippen LogP contribution in [0.15, 0.2) is 0 Å². The highest BCUT2D eigenvalue weighted by Crippen LogP contribution is 2.07. The molecule has 3 N–H and O–H groups in total. The molecular formula is C8H17NO3. The van der Waals surface area contributed by atoms with Crippen LogP contribution >= 0.6 is 0 Å². The van der Waals surface area contributed by atoms with Crippen LogP contribution in [0.1, 0.15) is 20.3 Å². The van der Waals surface area contributed by atoms with Gasteiger partial charge in [0.1, 0.15) is 0 Å². The van der Waals surface area contributed by atoms with Crippen molar-refractivity contribution in [1.29, 1.82) is 0 Å². The smallest absolute Gasteiger partial charge is 0.307 e. The van der Waals surface area contributed by atoms with E-state index in [4.69, 9.17) is 5.73 Å². The quantitative estimate of drug-likeness (QED) is 0.585. The molecule has 0 aliphatic heterocycles. The van der Waals surface area contributed by atoms with E-state index in [1.54, 1.807) is 0 Å². The van der Waals surface area contributed by atoms with Crippen molar-refractivity contribution in [1.82, 2.24) is 0 Å². The summed E-state index contributed by atoms with van der Waals surface area (Å²) in [5, 5.41) is 9.41. The fourth-order valence-corrected chi connectivity index (χ4v) is 0.891. The molecule has 0 fully saturated rings. The van der Waals surface area contributed by atoms with E-state index >= 15 is 0 Å². The molecule has 4 nitrogen and oxygen atoms in total. The molecule has 0 aliphatic carbocycles. The molecule has 0 aliphatic rings. The number of hydrogen-bond donors (Lipinski definition) is 2. The molecule has 2 atom stereocenters. The van der Waals surface area contributed by atoms with Crippen LogP contribution in [0.4, 0.5) is 0 Å². The number of hydrogen-bond acceptors (Lipinski definition) is 4. The lowest BCUT2D eigenvalue weighted by Crippen LogP contribution is -2.40. The van der Waals surface area contributed by atoms with Crippen LogP contribution in [0.3, 0.4) is 0 Å². The molecule has 0 rings (SSSR count). The first-order valence-electron chi connectivity index (χ1n) is 3.99. The number of ether oxygens (including phenoxy) is 1. The fourth-order valence-electron chi connectivity index (χ4n) is 0.891. The summed E-state index contributed by atoms with van der Waals surface area (Å²) in [4.78, 5) is 10.7. The molecule has 0 bridgehead atoms. The second kappa shape index (κ2) is 5.11. The van der Waals surface area contributed by atoms with Crippen LogP contribution in [0.5, 0.6) is 0 Å². The van der Waals surface area contributed by atoms with Crippen LogP contribution < -0.4 is 5.73 Å². The maximum absolute atomic E-state index is 10.7. The zero-order valence-corrected chi connectivity index (χ0v) is 7.78. The SMILES string of the molecule is COC(=O)C[C@@H](N)[C@H](O)C(C)C. The number of aliphatic hydroxyl groups excluding tert-OH is 1. The van der Waals surface area contributed by atoms with E-state index in [2.05, 4.69) is 4.74 Å². The Bertz CT molecular complexity index is 147. The maximum atomic E-state index is 10.7. The van der Waals surface area contributed by atoms with Crippen molar-refractivity contribution in [3.05, 3.63) is 0 Å². The summed E-state index contributed by atoms with van der Waals surface area (Å²) in [5.74, 6) is -0.327. The number of aliphatic hydroxyl groups is 1. The number of esters is 1. The molecule has 0 saturated carbocycles. The van der Waals surface area contributed by atoms with Gasteiger partial charge in [0.25, 0.3) is 0 Å². The van der Waals surface area contributed by atoms with Gasteiger partial charge in [-0.15, -0.1) is 0 Å². The lowest BCUT2D eigenvalue weighted by molar-refractivity contribution is -0.141. The predicted molar refractivity (Wildman–Crippen MR) is 45.5 cm³/mol. The highest BCUT2D eigenvalue weighted by Gasteiger charge is 2.21. The summed E-state index contributed by atoms with van der Waals surface area (Å²) >= 11 is 0. The third-order valence-corrected chi connectivity index (χ3v) is 1.75. The maximum Gasteiger partial charge on any atom is 0.307 e. The molecule has 72 valence electrons. The second-order valence-corrected chi connectivity index (χ2v) is 3.18. The zero-order chi connectivity index (χ0) is 9.72. The van der Waals surface area contributed by atoms with Crippen LogP contribution in [0, 0.1) is 5.92 Å². The van der Waals surface area contributed by atoms with Gasteiger partial charge in [-0.1, -0.05) is 13.8 Å². The first kappa shape index (κ1) is 11.4. The van der Waals surface area contributed by atoms with Crippen molar-refractivity contribution >= 4 is 5.97 Å². The molecule has 4 heteroatoms. The van der Waals surface area contributed by atoms with Gasteiger partial charge in [0.15, 0.2) is 0 Å². The molecule has 0 saturated heterocycles. The minimum atomic E-state index is -0.649. The average Bonchev–Trinajstić information content (AvgIpc) is 2.02. The third-order valence-electron chi connectivity index (χ3n) is 1.75. The van der Waals surface area contributed by atoms with E-state index in [1.165, 1.54) is 7.11 Å². The van der Waals surface area contributed by atoms with E-state index in [9.17, 15) is 9.90 Å². The highest BCUT2D eigenvalue weighted by molar-refractivity contribution is 5.69. The summed E-state index contributed by atoms with van der Waals surface area (Å²) < 4.78 is 4.42. The topological polar surface area (TPSA) is 72.5 Å². The third kappa shape index (κ3) is 3.69. The number of methoxy groups -OCH3 is 1. The molecule has 0 spiro atoms. The van der Waals surface area contributed by atoms with Crippen molar-refractivity contribution in [2.75, 3.05) is 7.11 Å². The average molecular weight is 175 g/mol. The van der Waals surface area contributed by atoms with Gasteiger partial charge in [0.2, 0.25) is 0 Å². The van der Waals surface area contributed by atoms with Gasteiger partial charge in [0, 0.05) is 6.04 Å². The predicted octanol–water partition coefficient (Wildman–Crippen LogP) is -0.106. The summed E-state index contributed by atoms with van der Waals surface area (Å²) in [6.45, 7) is 3.70. The Hall–Kier alpha value is -0.610. The van der Waals surface area contributed by atoms with Crippen molar-refractivity contribution in [3.63, 3.8) is 0 Å². The van der Waals surface area contributed by atoms with Crippen molar-refractivity contribution < 1.29 is 14.6 Å². The molecule has 0 radical (unpaired) electrons. The first-order valence-corrected chi connectivity index (χ1v) is 3.99. The summed E-state index contributed by atoms with van der Waals surface area (Å²) in [5.41, 5.74) is 5.54. The fraction of sp³-hybridized carbons (Fsp3) is 0.875.